The van der Waals surface area contributed by atoms with E-state index in [1.165, 1.54) is 32.9 Å². The van der Waals surface area contributed by atoms with Crippen molar-refractivity contribution < 1.29 is 68.1 Å². The molecule has 2 aromatic carbocycles. The van der Waals surface area contributed by atoms with Crippen LogP contribution in [0.15, 0.2) is 71.8 Å². The second-order valence-electron chi connectivity index (χ2n) is 18.2. The molecule has 15 nitrogen and oxygen atoms in total. The number of carbonyl (C=O) groups excluding carboxylic acids is 5. The first-order chi connectivity index (χ1) is 27.3. The third-order valence-corrected chi connectivity index (χ3v) is 13.1. The van der Waals surface area contributed by atoms with Crippen LogP contribution in [0, 0.1) is 16.7 Å². The van der Waals surface area contributed by atoms with Crippen LogP contribution in [0.25, 0.3) is 0 Å². The third-order valence-electron chi connectivity index (χ3n) is 13.1. The Morgan fingerprint density at radius 1 is 0.932 bits per heavy atom. The van der Waals surface area contributed by atoms with Gasteiger partial charge in [0, 0.05) is 25.2 Å². The van der Waals surface area contributed by atoms with Crippen molar-refractivity contribution in [3.8, 4) is 0 Å². The van der Waals surface area contributed by atoms with Crippen LogP contribution in [0.4, 0.5) is 4.79 Å². The average Bonchev–Trinajstić information content (AvgIpc) is 3.15. The predicted octanol–water partition coefficient (Wildman–Crippen LogP) is 3.43. The number of esters is 3. The Morgan fingerprint density at radius 2 is 1.53 bits per heavy atom. The minimum Gasteiger partial charge on any atom is -0.456 e. The number of aliphatic hydroxyl groups excluding tert-OH is 3. The Bertz CT molecular complexity index is 2030. The van der Waals surface area contributed by atoms with Crippen LogP contribution in [0.5, 0.6) is 0 Å². The lowest BCUT2D eigenvalue weighted by Gasteiger charge is -2.67. The van der Waals surface area contributed by atoms with Crippen LogP contribution >= 0.6 is 0 Å². The maximum atomic E-state index is 15.0. The number of hydrogen-bond donors (Lipinski definition) is 5. The van der Waals surface area contributed by atoms with Crippen LogP contribution in [0.1, 0.15) is 91.1 Å². The van der Waals surface area contributed by atoms with E-state index in [1.54, 1.807) is 83.1 Å². The Hall–Kier alpha value is -4.67. The first kappa shape index (κ1) is 43.9. The Balaban J connectivity index is 1.50. The highest BCUT2D eigenvalue weighted by Gasteiger charge is 2.78. The van der Waals surface area contributed by atoms with Gasteiger partial charge in [-0.2, -0.15) is 0 Å². The summed E-state index contributed by atoms with van der Waals surface area (Å²) in [5.41, 5.74) is -10.0. The molecule has 2 aromatic rings. The Morgan fingerprint density at radius 3 is 2.07 bits per heavy atom. The van der Waals surface area contributed by atoms with Crippen molar-refractivity contribution in [1.82, 2.24) is 5.32 Å². The number of fused-ring (bicyclic) bond motifs is 5. The van der Waals surface area contributed by atoms with E-state index in [-0.39, 0.29) is 29.7 Å². The molecule has 11 atom stereocenters. The number of ketones is 1. The number of rotatable bonds is 8. The molecule has 320 valence electrons. The first-order valence-corrected chi connectivity index (χ1v) is 19.7. The highest BCUT2D eigenvalue weighted by Crippen LogP contribution is 2.64. The van der Waals surface area contributed by atoms with Crippen LogP contribution < -0.4 is 5.32 Å². The maximum absolute atomic E-state index is 15.0. The monoisotopic (exact) mass is 821 g/mol. The van der Waals surface area contributed by atoms with Gasteiger partial charge in [0.1, 0.15) is 41.2 Å². The van der Waals surface area contributed by atoms with Gasteiger partial charge in [-0.3, -0.25) is 9.59 Å². The molecule has 3 fully saturated rings. The van der Waals surface area contributed by atoms with Gasteiger partial charge in [0.05, 0.1) is 29.6 Å². The van der Waals surface area contributed by atoms with Gasteiger partial charge >= 0.3 is 24.0 Å². The third kappa shape index (κ3) is 7.14. The number of hydrogen-bond acceptors (Lipinski definition) is 14. The number of amides is 1. The molecular weight excluding hydrogens is 766 g/mol. The molecule has 2 bridgehead atoms. The molecule has 6 rings (SSSR count). The molecule has 1 amide bonds. The fraction of sp³-hybridized carbons (Fsp3) is 0.568. The molecule has 4 aliphatic rings. The summed E-state index contributed by atoms with van der Waals surface area (Å²) in [5.74, 6) is -5.39. The first-order valence-electron chi connectivity index (χ1n) is 19.7. The van der Waals surface area contributed by atoms with Crippen LogP contribution in [-0.2, 0) is 43.6 Å². The number of carbonyl (C=O) groups is 5. The fourth-order valence-corrected chi connectivity index (χ4v) is 9.81. The van der Waals surface area contributed by atoms with Crippen molar-refractivity contribution in [2.45, 2.75) is 134 Å². The second-order valence-corrected chi connectivity index (χ2v) is 18.2. The van der Waals surface area contributed by atoms with Crippen LogP contribution in [0.2, 0.25) is 0 Å². The number of benzene rings is 2. The minimum atomic E-state index is -2.36. The molecule has 1 saturated heterocycles. The van der Waals surface area contributed by atoms with E-state index in [2.05, 4.69) is 5.32 Å². The van der Waals surface area contributed by atoms with E-state index in [0.717, 1.165) is 6.92 Å². The quantitative estimate of drug-likeness (QED) is 0.146. The van der Waals surface area contributed by atoms with Gasteiger partial charge in [-0.1, -0.05) is 62.4 Å². The second kappa shape index (κ2) is 15.1. The van der Waals surface area contributed by atoms with Gasteiger partial charge < -0.3 is 49.4 Å². The van der Waals surface area contributed by atoms with E-state index >= 15 is 0 Å². The molecule has 1 heterocycles. The predicted molar refractivity (Wildman–Crippen MR) is 208 cm³/mol. The Labute approximate surface area is 343 Å². The summed E-state index contributed by atoms with van der Waals surface area (Å²) in [6.45, 7) is 13.2. The van der Waals surface area contributed by atoms with Gasteiger partial charge in [0.15, 0.2) is 17.5 Å². The SMILES string of the molecule is CC(=O)O[C@@]12CO[C@@H]1C[C@H](O)[C@@]1(C)C(=O)[C@H](O)C3=C(C)[C@@H](OC(=O)[C@H](O)[C@@](C)(NC(=O)OC(C)(C)C)c4ccccc4)C[C@@](O)([C@@H](OC(=O)c4ccccc4)[C@H]21)C3(C)C. The van der Waals surface area contributed by atoms with Crippen LogP contribution in [-0.4, -0.2) is 110 Å². The molecular formula is C44H55NO14. The van der Waals surface area contributed by atoms with Gasteiger partial charge in [-0.25, -0.2) is 14.4 Å². The highest BCUT2D eigenvalue weighted by atomic mass is 16.6. The van der Waals surface area contributed by atoms with Crippen LogP contribution in [0.3, 0.4) is 0 Å². The average molecular weight is 822 g/mol. The van der Waals surface area contributed by atoms with Gasteiger partial charge in [-0.05, 0) is 70.4 Å². The standard InChI is InChI=1S/C44H55NO14/c1-23-27(56-37(52)34(50)42(9,26-18-14-11-15-19-26)45-38(53)59-39(3,4)5)21-44(54)35(57-36(51)25-16-12-10-13-17-25)32-41(8,33(49)31(48)30(23)40(44,6)7)28(47)20-29-43(32,22-55-29)58-24(2)46/h10-19,27-29,31-32,34-35,47-48,50,54H,20-22H2,1-9H3,(H,45,53)/t27-,28-,29+,31+,32-,34-,35-,41+,42-,43-,44+/m0/s1. The molecule has 3 aliphatic carbocycles. The van der Waals surface area contributed by atoms with Crippen molar-refractivity contribution >= 4 is 29.8 Å². The molecule has 0 spiro atoms. The Kier molecular flexibility index (Phi) is 11.2. The molecule has 0 unspecified atom stereocenters. The molecule has 2 saturated carbocycles. The molecule has 1 aliphatic heterocycles. The zero-order valence-corrected chi connectivity index (χ0v) is 34.8. The lowest BCUT2D eigenvalue weighted by Crippen LogP contribution is -2.81. The summed E-state index contributed by atoms with van der Waals surface area (Å²) in [7, 11) is 0. The molecule has 5 N–H and O–H groups in total. The topological polar surface area (TPSA) is 224 Å². The largest absolute Gasteiger partial charge is 0.456 e. The zero-order valence-electron chi connectivity index (χ0n) is 34.8. The number of Topliss-reactive ketones (excluding diaryl/α,β-unsaturated/α-hetero) is 1. The van der Waals surface area contributed by atoms with Crippen molar-refractivity contribution in [1.29, 1.82) is 0 Å². The van der Waals surface area contributed by atoms with Crippen molar-refractivity contribution in [2.24, 2.45) is 16.7 Å². The number of ether oxygens (including phenoxy) is 5. The molecule has 0 aromatic heterocycles. The molecule has 59 heavy (non-hydrogen) atoms. The highest BCUT2D eigenvalue weighted by molar-refractivity contribution is 5.94. The van der Waals surface area contributed by atoms with E-state index in [9.17, 15) is 44.4 Å². The number of nitrogens with one attached hydrogen (secondary N) is 1. The summed E-state index contributed by atoms with van der Waals surface area (Å²) in [6, 6.07) is 16.0. The van der Waals surface area contributed by atoms with Crippen molar-refractivity contribution in [3.63, 3.8) is 0 Å². The summed E-state index contributed by atoms with van der Waals surface area (Å²) in [5, 5.41) is 52.0. The van der Waals surface area contributed by atoms with E-state index < -0.39 is 112 Å². The van der Waals surface area contributed by atoms with Gasteiger partial charge in [0.2, 0.25) is 0 Å². The summed E-state index contributed by atoms with van der Waals surface area (Å²) in [6.07, 6.45) is -11.6. The van der Waals surface area contributed by atoms with E-state index in [4.69, 9.17) is 23.7 Å². The lowest BCUT2D eigenvalue weighted by molar-refractivity contribution is -0.346. The van der Waals surface area contributed by atoms with Gasteiger partial charge in [0.25, 0.3) is 0 Å². The number of alkyl carbamates (subject to hydrolysis) is 1. The fourth-order valence-electron chi connectivity index (χ4n) is 9.81. The smallest absolute Gasteiger partial charge is 0.408 e. The van der Waals surface area contributed by atoms with E-state index in [0.29, 0.717) is 5.56 Å². The summed E-state index contributed by atoms with van der Waals surface area (Å²) >= 11 is 0. The van der Waals surface area contributed by atoms with Crippen molar-refractivity contribution in [3.05, 3.63) is 82.9 Å². The normalized spacial score (nSPS) is 33.9. The van der Waals surface area contributed by atoms with Gasteiger partial charge in [-0.15, -0.1) is 0 Å². The molecule has 15 heteroatoms. The van der Waals surface area contributed by atoms with E-state index in [1.807, 2.05) is 0 Å². The number of aliphatic hydroxyl groups is 4. The summed E-state index contributed by atoms with van der Waals surface area (Å²) in [4.78, 5) is 69.4. The summed E-state index contributed by atoms with van der Waals surface area (Å²) < 4.78 is 29.7. The lowest BCUT2D eigenvalue weighted by atomic mass is 9.44. The zero-order chi connectivity index (χ0) is 43.7. The van der Waals surface area contributed by atoms with Crippen molar-refractivity contribution in [2.75, 3.05) is 6.61 Å². The maximum Gasteiger partial charge on any atom is 0.408 e. The molecule has 0 radical (unpaired) electrons. The minimum absolute atomic E-state index is 0.0672.